The van der Waals surface area contributed by atoms with Gasteiger partial charge in [-0.15, -0.1) is 10.2 Å². The first kappa shape index (κ1) is 15.6. The molecule has 3 rings (SSSR count). The van der Waals surface area contributed by atoms with E-state index < -0.39 is 4.92 Å². The molecule has 2 aromatic carbocycles. The summed E-state index contributed by atoms with van der Waals surface area (Å²) < 4.78 is 1.56. The maximum absolute atomic E-state index is 10.9. The molecule has 0 saturated carbocycles. The van der Waals surface area contributed by atoms with Crippen molar-refractivity contribution in [3.05, 3.63) is 52.6 Å². The number of aryl methyl sites for hydroxylation is 1. The van der Waals surface area contributed by atoms with Crippen LogP contribution >= 0.6 is 0 Å². The van der Waals surface area contributed by atoms with Crippen LogP contribution in [0.4, 0.5) is 22.9 Å². The van der Waals surface area contributed by atoms with E-state index in [0.717, 1.165) is 5.69 Å². The molecule has 3 aromatic rings. The van der Waals surface area contributed by atoms with Crippen LogP contribution < -0.4 is 4.90 Å². The van der Waals surface area contributed by atoms with Gasteiger partial charge < -0.3 is 4.90 Å². The van der Waals surface area contributed by atoms with Crippen molar-refractivity contribution in [1.82, 2.24) is 9.78 Å². The smallest absolute Gasteiger partial charge is 0.270 e. The van der Waals surface area contributed by atoms with Crippen LogP contribution in [0.3, 0.4) is 0 Å². The zero-order chi connectivity index (χ0) is 17.3. The average Bonchev–Trinajstić information content (AvgIpc) is 2.87. The van der Waals surface area contributed by atoms with Crippen molar-refractivity contribution >= 4 is 33.8 Å². The number of azo groups is 1. The highest BCUT2D eigenvalue weighted by atomic mass is 16.6. The van der Waals surface area contributed by atoms with E-state index in [2.05, 4.69) is 15.3 Å². The van der Waals surface area contributed by atoms with Crippen molar-refractivity contribution in [2.45, 2.75) is 0 Å². The Labute approximate surface area is 138 Å². The first-order valence-corrected chi connectivity index (χ1v) is 7.26. The molecule has 8 heteroatoms. The molecule has 0 amide bonds. The van der Waals surface area contributed by atoms with Gasteiger partial charge in [-0.3, -0.25) is 10.1 Å². The minimum absolute atomic E-state index is 0.00212. The molecule has 0 N–H and O–H groups in total. The molecule has 122 valence electrons. The molecule has 0 bridgehead atoms. The van der Waals surface area contributed by atoms with Gasteiger partial charge >= 0.3 is 0 Å². The Balaban J connectivity index is 1.98. The molecule has 1 heterocycles. The number of benzene rings is 2. The molecule has 0 aliphatic heterocycles. The molecule has 24 heavy (non-hydrogen) atoms. The third-order valence-electron chi connectivity index (χ3n) is 3.62. The highest BCUT2D eigenvalue weighted by molar-refractivity contribution is 5.90. The van der Waals surface area contributed by atoms with Gasteiger partial charge in [0.1, 0.15) is 0 Å². The van der Waals surface area contributed by atoms with E-state index >= 15 is 0 Å². The first-order valence-electron chi connectivity index (χ1n) is 7.26. The number of anilines is 1. The van der Waals surface area contributed by atoms with Crippen LogP contribution in [-0.4, -0.2) is 28.8 Å². The quantitative estimate of drug-likeness (QED) is 0.413. The number of nitro groups is 1. The monoisotopic (exact) mass is 324 g/mol. The number of hydrogen-bond donors (Lipinski definition) is 0. The molecule has 1 aromatic heterocycles. The highest BCUT2D eigenvalue weighted by Crippen LogP contribution is 2.30. The fourth-order valence-electron chi connectivity index (χ4n) is 2.33. The molecule has 0 spiro atoms. The van der Waals surface area contributed by atoms with Gasteiger partial charge in [-0.25, -0.2) is 4.68 Å². The summed E-state index contributed by atoms with van der Waals surface area (Å²) in [6.45, 7) is 0. The van der Waals surface area contributed by atoms with Crippen LogP contribution in [0.1, 0.15) is 0 Å². The summed E-state index contributed by atoms with van der Waals surface area (Å²) in [6.07, 6.45) is 0. The summed E-state index contributed by atoms with van der Waals surface area (Å²) in [5.74, 6) is 0.477. The van der Waals surface area contributed by atoms with Crippen molar-refractivity contribution in [2.75, 3.05) is 19.0 Å². The van der Waals surface area contributed by atoms with Crippen molar-refractivity contribution in [3.8, 4) is 0 Å². The number of non-ortho nitro benzene ring substituents is 1. The van der Waals surface area contributed by atoms with Crippen LogP contribution in [0.5, 0.6) is 0 Å². The van der Waals surface area contributed by atoms with E-state index in [9.17, 15) is 10.1 Å². The molecule has 8 nitrogen and oxygen atoms in total. The standard InChI is InChI=1S/C16H16N6O2/c1-20(2)12-6-4-11(5-7-12)17-18-16-14-10-13(22(23)24)8-9-15(14)19-21(16)3/h4-10H,1-3H3. The summed E-state index contributed by atoms with van der Waals surface area (Å²) in [4.78, 5) is 12.5. The third kappa shape index (κ3) is 2.94. The van der Waals surface area contributed by atoms with Crippen LogP contribution in [0.15, 0.2) is 52.7 Å². The summed E-state index contributed by atoms with van der Waals surface area (Å²) in [5.41, 5.74) is 2.40. The Morgan fingerprint density at radius 2 is 1.83 bits per heavy atom. The second-order valence-electron chi connectivity index (χ2n) is 5.52. The van der Waals surface area contributed by atoms with Crippen LogP contribution in [-0.2, 0) is 7.05 Å². The number of fused-ring (bicyclic) bond motifs is 1. The van der Waals surface area contributed by atoms with Gasteiger partial charge in [-0.2, -0.15) is 5.10 Å². The molecule has 0 saturated heterocycles. The number of aromatic nitrogens is 2. The molecule has 0 atom stereocenters. The summed E-state index contributed by atoms with van der Waals surface area (Å²) >= 11 is 0. The number of rotatable bonds is 4. The molecule has 0 fully saturated rings. The summed E-state index contributed by atoms with van der Waals surface area (Å²) in [5, 5.41) is 24.3. The average molecular weight is 324 g/mol. The zero-order valence-corrected chi connectivity index (χ0v) is 13.5. The molecular formula is C16H16N6O2. The van der Waals surface area contributed by atoms with E-state index in [0.29, 0.717) is 22.4 Å². The zero-order valence-electron chi connectivity index (χ0n) is 13.5. The Morgan fingerprint density at radius 1 is 1.12 bits per heavy atom. The minimum Gasteiger partial charge on any atom is -0.378 e. The van der Waals surface area contributed by atoms with E-state index in [1.165, 1.54) is 12.1 Å². The highest BCUT2D eigenvalue weighted by Gasteiger charge is 2.13. The second-order valence-corrected chi connectivity index (χ2v) is 5.52. The van der Waals surface area contributed by atoms with Crippen molar-refractivity contribution in [3.63, 3.8) is 0 Å². The third-order valence-corrected chi connectivity index (χ3v) is 3.62. The number of hydrogen-bond acceptors (Lipinski definition) is 6. The van der Waals surface area contributed by atoms with E-state index in [1.807, 2.05) is 43.3 Å². The van der Waals surface area contributed by atoms with Crippen LogP contribution in [0.25, 0.3) is 10.9 Å². The lowest BCUT2D eigenvalue weighted by Crippen LogP contribution is -2.07. The fraction of sp³-hybridized carbons (Fsp3) is 0.188. The molecule has 0 unspecified atom stereocenters. The molecular weight excluding hydrogens is 308 g/mol. The lowest BCUT2D eigenvalue weighted by molar-refractivity contribution is -0.384. The summed E-state index contributed by atoms with van der Waals surface area (Å²) in [6, 6.07) is 12.1. The Hall–Kier alpha value is -3.29. The van der Waals surface area contributed by atoms with E-state index in [-0.39, 0.29) is 5.69 Å². The van der Waals surface area contributed by atoms with Gasteiger partial charge in [0.05, 0.1) is 21.5 Å². The fourth-order valence-corrected chi connectivity index (χ4v) is 2.33. The predicted molar refractivity (Wildman–Crippen MR) is 92.3 cm³/mol. The van der Waals surface area contributed by atoms with Gasteiger partial charge in [0, 0.05) is 39.0 Å². The van der Waals surface area contributed by atoms with Crippen molar-refractivity contribution in [1.29, 1.82) is 0 Å². The van der Waals surface area contributed by atoms with Gasteiger partial charge in [0.2, 0.25) is 0 Å². The molecule has 0 aliphatic carbocycles. The van der Waals surface area contributed by atoms with E-state index in [4.69, 9.17) is 0 Å². The maximum Gasteiger partial charge on any atom is 0.270 e. The minimum atomic E-state index is -0.437. The first-order chi connectivity index (χ1) is 11.5. The van der Waals surface area contributed by atoms with Crippen molar-refractivity contribution in [2.24, 2.45) is 17.3 Å². The Bertz CT molecular complexity index is 928. The second kappa shape index (κ2) is 6.07. The molecule has 0 radical (unpaired) electrons. The number of nitro benzene ring substituents is 1. The topological polar surface area (TPSA) is 88.9 Å². The Kier molecular flexibility index (Phi) is 3.95. The lowest BCUT2D eigenvalue weighted by Gasteiger charge is -2.11. The maximum atomic E-state index is 10.9. The van der Waals surface area contributed by atoms with Crippen LogP contribution in [0, 0.1) is 10.1 Å². The Morgan fingerprint density at radius 3 is 2.46 bits per heavy atom. The van der Waals surface area contributed by atoms with Crippen molar-refractivity contribution < 1.29 is 4.92 Å². The normalized spacial score (nSPS) is 11.3. The predicted octanol–water partition coefficient (Wildman–Crippen LogP) is 3.96. The van der Waals surface area contributed by atoms with Gasteiger partial charge in [-0.05, 0) is 30.3 Å². The van der Waals surface area contributed by atoms with Gasteiger partial charge in [-0.1, -0.05) is 0 Å². The van der Waals surface area contributed by atoms with Gasteiger partial charge in [0.25, 0.3) is 5.69 Å². The number of nitrogens with zero attached hydrogens (tertiary/aromatic N) is 6. The SMILES string of the molecule is CN(C)c1ccc(N=Nc2c3cc([N+](=O)[O-])ccc3nn2C)cc1. The van der Waals surface area contributed by atoms with Crippen LogP contribution in [0.2, 0.25) is 0 Å². The molecule has 0 aliphatic rings. The largest absolute Gasteiger partial charge is 0.378 e. The van der Waals surface area contributed by atoms with E-state index in [1.54, 1.807) is 17.8 Å². The summed E-state index contributed by atoms with van der Waals surface area (Å²) in [7, 11) is 5.66. The lowest BCUT2D eigenvalue weighted by atomic mass is 10.2. The van der Waals surface area contributed by atoms with Gasteiger partial charge in [0.15, 0.2) is 5.82 Å².